The molecule has 26 heavy (non-hydrogen) atoms. The van der Waals surface area contributed by atoms with Crippen molar-refractivity contribution in [2.75, 3.05) is 0 Å². The number of hydrogen-bond acceptors (Lipinski definition) is 4. The Morgan fingerprint density at radius 3 is 2.69 bits per heavy atom. The van der Waals surface area contributed by atoms with Gasteiger partial charge in [0.15, 0.2) is 0 Å². The third kappa shape index (κ3) is 3.75. The first kappa shape index (κ1) is 18.1. The second kappa shape index (κ2) is 6.87. The Balaban J connectivity index is 1.73. The number of fused-ring (bicyclic) bond motifs is 1. The maximum Gasteiger partial charge on any atom is 0.455 e. The first-order valence-electron chi connectivity index (χ1n) is 7.59. The van der Waals surface area contributed by atoms with Crippen LogP contribution in [0.5, 0.6) is 0 Å². The molecule has 0 aliphatic heterocycles. The number of alkyl halides is 3. The van der Waals surface area contributed by atoms with Gasteiger partial charge < -0.3 is 5.32 Å². The summed E-state index contributed by atoms with van der Waals surface area (Å²) in [5.74, 6) is -2.46. The van der Waals surface area contributed by atoms with Crippen molar-refractivity contribution in [3.63, 3.8) is 0 Å². The van der Waals surface area contributed by atoms with Crippen LogP contribution in [0, 0.1) is 6.92 Å². The number of aromatic nitrogens is 1. The molecular weight excluding hydrogens is 365 g/mol. The summed E-state index contributed by atoms with van der Waals surface area (Å²) < 4.78 is 37.6. The van der Waals surface area contributed by atoms with E-state index in [2.05, 4.69) is 10.3 Å². The van der Waals surface area contributed by atoms with E-state index in [1.165, 1.54) is 6.92 Å². The van der Waals surface area contributed by atoms with Crippen LogP contribution in [0.1, 0.15) is 30.5 Å². The number of Topliss-reactive ketones (excluding diaryl/α,β-unsaturated/α-hetero) is 1. The molecule has 3 aromatic rings. The lowest BCUT2D eigenvalue weighted by Gasteiger charge is -2.06. The fourth-order valence-electron chi connectivity index (χ4n) is 2.44. The summed E-state index contributed by atoms with van der Waals surface area (Å²) >= 11 is 0.546. The lowest BCUT2D eigenvalue weighted by Crippen LogP contribution is -2.22. The molecule has 134 valence electrons. The molecule has 0 aliphatic carbocycles. The van der Waals surface area contributed by atoms with Gasteiger partial charge in [0, 0.05) is 18.1 Å². The Kier molecular flexibility index (Phi) is 4.78. The van der Waals surface area contributed by atoms with Gasteiger partial charge in [0.2, 0.25) is 0 Å². The van der Waals surface area contributed by atoms with E-state index >= 15 is 0 Å². The lowest BCUT2D eigenvalue weighted by atomic mass is 10.1. The first-order chi connectivity index (χ1) is 12.3. The molecule has 2 heterocycles. The van der Waals surface area contributed by atoms with Crippen LogP contribution in [0.15, 0.2) is 42.6 Å². The van der Waals surface area contributed by atoms with Gasteiger partial charge in [-0.25, -0.2) is 0 Å². The molecule has 0 fully saturated rings. The van der Waals surface area contributed by atoms with E-state index in [9.17, 15) is 22.8 Å². The molecule has 0 radical (unpaired) electrons. The summed E-state index contributed by atoms with van der Waals surface area (Å²) in [5, 5.41) is 3.63. The predicted molar refractivity (Wildman–Crippen MR) is 92.4 cm³/mol. The number of carbonyl (C=O) groups is 2. The minimum absolute atomic E-state index is 0.0940. The molecule has 1 amide bonds. The summed E-state index contributed by atoms with van der Waals surface area (Å²) in [6.45, 7) is 1.70. The quantitative estimate of drug-likeness (QED) is 0.690. The van der Waals surface area contributed by atoms with Crippen molar-refractivity contribution in [3.8, 4) is 0 Å². The summed E-state index contributed by atoms with van der Waals surface area (Å²) in [6.07, 6.45) is -3.29. The van der Waals surface area contributed by atoms with Crippen molar-refractivity contribution in [2.45, 2.75) is 19.6 Å². The second-order valence-electron chi connectivity index (χ2n) is 5.66. The van der Waals surface area contributed by atoms with E-state index in [1.807, 2.05) is 30.3 Å². The Bertz CT molecular complexity index is 996. The van der Waals surface area contributed by atoms with Crippen molar-refractivity contribution in [1.82, 2.24) is 10.3 Å². The number of rotatable bonds is 4. The smallest absolute Gasteiger partial charge is 0.347 e. The number of benzene rings is 1. The molecule has 1 aromatic carbocycles. The van der Waals surface area contributed by atoms with Crippen molar-refractivity contribution in [1.29, 1.82) is 0 Å². The summed E-state index contributed by atoms with van der Waals surface area (Å²) in [4.78, 5) is 27.4. The highest BCUT2D eigenvalue weighted by atomic mass is 32.1. The SMILES string of the molecule is Cc1cc(C(=O)C(F)(F)F)sc1C(=O)NCc1ccc2cccnc2c1. The van der Waals surface area contributed by atoms with E-state index in [0.717, 1.165) is 22.5 Å². The van der Waals surface area contributed by atoms with Gasteiger partial charge in [-0.05, 0) is 36.2 Å². The number of nitrogens with zero attached hydrogens (tertiary/aromatic N) is 1. The van der Waals surface area contributed by atoms with Crippen LogP contribution in [0.25, 0.3) is 10.9 Å². The molecule has 0 saturated carbocycles. The fraction of sp³-hybridized carbons (Fsp3) is 0.167. The van der Waals surface area contributed by atoms with Crippen LogP contribution in [-0.2, 0) is 6.54 Å². The average Bonchev–Trinajstić information content (AvgIpc) is 2.99. The third-order valence-electron chi connectivity index (χ3n) is 3.73. The number of carbonyl (C=O) groups excluding carboxylic acids is 2. The van der Waals surface area contributed by atoms with Crippen molar-refractivity contribution in [2.24, 2.45) is 0 Å². The van der Waals surface area contributed by atoms with Crippen LogP contribution >= 0.6 is 11.3 Å². The molecule has 8 heteroatoms. The highest BCUT2D eigenvalue weighted by molar-refractivity contribution is 7.16. The molecule has 0 bridgehead atoms. The standard InChI is InChI=1S/C18H13F3N2O2S/c1-10-7-14(16(24)18(19,20)21)26-15(10)17(25)23-9-11-4-5-12-3-2-6-22-13(12)8-11/h2-8H,9H2,1H3,(H,23,25). The minimum atomic E-state index is -4.96. The molecule has 0 unspecified atom stereocenters. The number of nitrogens with one attached hydrogen (secondary N) is 1. The number of pyridine rings is 1. The number of aryl methyl sites for hydroxylation is 1. The number of hydrogen-bond donors (Lipinski definition) is 1. The van der Waals surface area contributed by atoms with Gasteiger partial charge in [0.25, 0.3) is 11.7 Å². The molecule has 2 aromatic heterocycles. The fourth-order valence-corrected chi connectivity index (χ4v) is 3.49. The van der Waals surface area contributed by atoms with Gasteiger partial charge in [-0.15, -0.1) is 11.3 Å². The van der Waals surface area contributed by atoms with Gasteiger partial charge in [0.05, 0.1) is 15.3 Å². The lowest BCUT2D eigenvalue weighted by molar-refractivity contribution is -0.0882. The topological polar surface area (TPSA) is 59.1 Å². The van der Waals surface area contributed by atoms with E-state index in [4.69, 9.17) is 0 Å². The zero-order valence-electron chi connectivity index (χ0n) is 13.6. The highest BCUT2D eigenvalue weighted by Crippen LogP contribution is 2.29. The highest BCUT2D eigenvalue weighted by Gasteiger charge is 2.40. The van der Waals surface area contributed by atoms with Gasteiger partial charge in [0.1, 0.15) is 0 Å². The van der Waals surface area contributed by atoms with Gasteiger partial charge in [-0.2, -0.15) is 13.2 Å². The van der Waals surface area contributed by atoms with Crippen molar-refractivity contribution in [3.05, 3.63) is 63.5 Å². The third-order valence-corrected chi connectivity index (χ3v) is 4.96. The molecular formula is C18H13F3N2O2S. The average molecular weight is 378 g/mol. The van der Waals surface area contributed by atoms with Crippen LogP contribution in [-0.4, -0.2) is 22.9 Å². The number of ketones is 1. The van der Waals surface area contributed by atoms with Crippen LogP contribution < -0.4 is 5.32 Å². The van der Waals surface area contributed by atoms with Gasteiger partial charge >= 0.3 is 6.18 Å². The Hall–Kier alpha value is -2.74. The summed E-state index contributed by atoms with van der Waals surface area (Å²) in [6, 6.07) is 10.4. The summed E-state index contributed by atoms with van der Waals surface area (Å²) in [7, 11) is 0. The monoisotopic (exact) mass is 378 g/mol. The Morgan fingerprint density at radius 1 is 1.19 bits per heavy atom. The first-order valence-corrected chi connectivity index (χ1v) is 8.41. The molecule has 0 atom stereocenters. The number of halogens is 3. The van der Waals surface area contributed by atoms with E-state index < -0.39 is 22.7 Å². The molecule has 0 saturated heterocycles. The van der Waals surface area contributed by atoms with E-state index in [-0.39, 0.29) is 11.4 Å². The zero-order valence-corrected chi connectivity index (χ0v) is 14.4. The summed E-state index contributed by atoms with van der Waals surface area (Å²) in [5.41, 5.74) is 1.93. The van der Waals surface area contributed by atoms with E-state index in [0.29, 0.717) is 16.9 Å². The minimum Gasteiger partial charge on any atom is -0.347 e. The second-order valence-corrected chi connectivity index (χ2v) is 6.72. The van der Waals surface area contributed by atoms with Crippen LogP contribution in [0.4, 0.5) is 13.2 Å². The largest absolute Gasteiger partial charge is 0.455 e. The van der Waals surface area contributed by atoms with Gasteiger partial charge in [-0.3, -0.25) is 14.6 Å². The molecule has 0 aliphatic rings. The molecule has 1 N–H and O–H groups in total. The molecule has 0 spiro atoms. The van der Waals surface area contributed by atoms with Crippen molar-refractivity contribution >= 4 is 33.9 Å². The predicted octanol–water partition coefficient (Wildman–Crippen LogP) is 4.28. The number of thiophene rings is 1. The van der Waals surface area contributed by atoms with Crippen LogP contribution in [0.3, 0.4) is 0 Å². The Morgan fingerprint density at radius 2 is 1.96 bits per heavy atom. The molecule has 3 rings (SSSR count). The Labute approximate surface area is 150 Å². The number of amides is 1. The maximum atomic E-state index is 12.5. The van der Waals surface area contributed by atoms with E-state index in [1.54, 1.807) is 6.20 Å². The van der Waals surface area contributed by atoms with Crippen molar-refractivity contribution < 1.29 is 22.8 Å². The maximum absolute atomic E-state index is 12.5. The molecule has 4 nitrogen and oxygen atoms in total. The zero-order chi connectivity index (χ0) is 18.9. The normalized spacial score (nSPS) is 11.5. The van der Waals surface area contributed by atoms with Crippen LogP contribution in [0.2, 0.25) is 0 Å². The van der Waals surface area contributed by atoms with Gasteiger partial charge in [-0.1, -0.05) is 18.2 Å².